The van der Waals surface area contributed by atoms with E-state index < -0.39 is 0 Å². The van der Waals surface area contributed by atoms with Crippen molar-refractivity contribution in [2.45, 2.75) is 19.4 Å². The number of aromatic nitrogens is 2. The van der Waals surface area contributed by atoms with Crippen LogP contribution >= 0.6 is 0 Å². The van der Waals surface area contributed by atoms with Gasteiger partial charge in [0, 0.05) is 45.0 Å². The SMILES string of the molecule is CC(NC(=O)N1CCCN(C(=O)c2ccco2)CC1)c1cnn(C)c1. The standard InChI is InChI=1S/C17H23N5O3/c1-13(14-11-18-20(2)12-14)19-17(24)22-7-4-6-21(8-9-22)16(23)15-5-3-10-25-15/h3,5,10-13H,4,6-9H2,1-2H3,(H,19,24). The molecule has 8 nitrogen and oxygen atoms in total. The van der Waals surface area contributed by atoms with E-state index in [9.17, 15) is 9.59 Å². The van der Waals surface area contributed by atoms with Gasteiger partial charge >= 0.3 is 6.03 Å². The maximum absolute atomic E-state index is 12.5. The van der Waals surface area contributed by atoms with Gasteiger partial charge in [-0.1, -0.05) is 0 Å². The molecule has 25 heavy (non-hydrogen) atoms. The zero-order valence-corrected chi connectivity index (χ0v) is 14.5. The smallest absolute Gasteiger partial charge is 0.317 e. The second-order valence-electron chi connectivity index (χ2n) is 6.23. The summed E-state index contributed by atoms with van der Waals surface area (Å²) in [6, 6.07) is 3.12. The zero-order valence-electron chi connectivity index (χ0n) is 14.5. The van der Waals surface area contributed by atoms with Gasteiger partial charge in [0.1, 0.15) is 0 Å². The normalized spacial score (nSPS) is 16.4. The van der Waals surface area contributed by atoms with Gasteiger partial charge in [-0.2, -0.15) is 5.10 Å². The van der Waals surface area contributed by atoms with Crippen LogP contribution in [0.25, 0.3) is 0 Å². The zero-order chi connectivity index (χ0) is 17.8. The molecule has 0 saturated carbocycles. The van der Waals surface area contributed by atoms with E-state index in [0.29, 0.717) is 31.9 Å². The summed E-state index contributed by atoms with van der Waals surface area (Å²) in [5.41, 5.74) is 0.959. The van der Waals surface area contributed by atoms with Crippen molar-refractivity contribution in [1.82, 2.24) is 24.9 Å². The third-order valence-electron chi connectivity index (χ3n) is 4.37. The van der Waals surface area contributed by atoms with Gasteiger partial charge in [0.25, 0.3) is 5.91 Å². The molecule has 0 bridgehead atoms. The van der Waals surface area contributed by atoms with Gasteiger partial charge in [-0.15, -0.1) is 0 Å². The van der Waals surface area contributed by atoms with Crippen LogP contribution < -0.4 is 5.32 Å². The van der Waals surface area contributed by atoms with Gasteiger partial charge in [-0.05, 0) is 25.5 Å². The fourth-order valence-corrected chi connectivity index (χ4v) is 2.90. The predicted octanol–water partition coefficient (Wildman–Crippen LogP) is 1.63. The number of aryl methyl sites for hydroxylation is 1. The van der Waals surface area contributed by atoms with E-state index in [1.54, 1.807) is 32.8 Å². The number of amides is 3. The van der Waals surface area contributed by atoms with Crippen molar-refractivity contribution >= 4 is 11.9 Å². The Labute approximate surface area is 146 Å². The first-order valence-corrected chi connectivity index (χ1v) is 8.41. The van der Waals surface area contributed by atoms with Crippen LogP contribution in [0, 0.1) is 0 Å². The first-order chi connectivity index (χ1) is 12.0. The molecule has 134 valence electrons. The van der Waals surface area contributed by atoms with Crippen LogP contribution in [0.3, 0.4) is 0 Å². The van der Waals surface area contributed by atoms with E-state index in [-0.39, 0.29) is 18.0 Å². The molecule has 3 amide bonds. The lowest BCUT2D eigenvalue weighted by molar-refractivity contribution is 0.0730. The fraction of sp³-hybridized carbons (Fsp3) is 0.471. The van der Waals surface area contributed by atoms with E-state index in [1.165, 1.54) is 6.26 Å². The first kappa shape index (κ1) is 17.1. The molecule has 1 saturated heterocycles. The molecule has 0 aromatic carbocycles. The van der Waals surface area contributed by atoms with Crippen LogP contribution in [0.1, 0.15) is 35.5 Å². The summed E-state index contributed by atoms with van der Waals surface area (Å²) in [4.78, 5) is 28.4. The molecule has 1 fully saturated rings. The first-order valence-electron chi connectivity index (χ1n) is 8.41. The summed E-state index contributed by atoms with van der Waals surface area (Å²) in [7, 11) is 1.84. The van der Waals surface area contributed by atoms with E-state index in [4.69, 9.17) is 4.42 Å². The molecule has 3 rings (SSSR count). The minimum Gasteiger partial charge on any atom is -0.459 e. The number of nitrogens with zero attached hydrogens (tertiary/aromatic N) is 4. The van der Waals surface area contributed by atoms with Crippen LogP contribution in [0.2, 0.25) is 0 Å². The highest BCUT2D eigenvalue weighted by molar-refractivity contribution is 5.91. The number of furan rings is 1. The third kappa shape index (κ3) is 4.01. The van der Waals surface area contributed by atoms with E-state index in [1.807, 2.05) is 20.2 Å². The van der Waals surface area contributed by atoms with Crippen molar-refractivity contribution in [3.63, 3.8) is 0 Å². The molecule has 1 atom stereocenters. The number of hydrogen-bond donors (Lipinski definition) is 1. The Bertz CT molecular complexity index is 724. The largest absolute Gasteiger partial charge is 0.459 e. The molecule has 0 spiro atoms. The molecule has 1 N–H and O–H groups in total. The molecular formula is C17H23N5O3. The summed E-state index contributed by atoms with van der Waals surface area (Å²) in [6.07, 6.45) is 5.86. The van der Waals surface area contributed by atoms with Crippen molar-refractivity contribution in [2.75, 3.05) is 26.2 Å². The fourth-order valence-electron chi connectivity index (χ4n) is 2.90. The van der Waals surface area contributed by atoms with E-state index in [0.717, 1.165) is 12.0 Å². The lowest BCUT2D eigenvalue weighted by Gasteiger charge is -2.23. The number of urea groups is 1. The van der Waals surface area contributed by atoms with Gasteiger partial charge < -0.3 is 19.5 Å². The van der Waals surface area contributed by atoms with Gasteiger partial charge in [0.15, 0.2) is 5.76 Å². The van der Waals surface area contributed by atoms with E-state index >= 15 is 0 Å². The second kappa shape index (κ2) is 7.42. The van der Waals surface area contributed by atoms with Crippen molar-refractivity contribution < 1.29 is 14.0 Å². The van der Waals surface area contributed by atoms with Crippen molar-refractivity contribution in [2.24, 2.45) is 7.05 Å². The Kier molecular flexibility index (Phi) is 5.06. The lowest BCUT2D eigenvalue weighted by atomic mass is 10.2. The molecule has 8 heteroatoms. The number of carbonyl (C=O) groups is 2. The van der Waals surface area contributed by atoms with Gasteiger partial charge in [-0.25, -0.2) is 4.79 Å². The summed E-state index contributed by atoms with van der Waals surface area (Å²) in [6.45, 7) is 4.15. The number of hydrogen-bond acceptors (Lipinski definition) is 4. The lowest BCUT2D eigenvalue weighted by Crippen LogP contribution is -2.43. The Morgan fingerprint density at radius 3 is 2.68 bits per heavy atom. The van der Waals surface area contributed by atoms with Crippen LogP contribution in [0.4, 0.5) is 4.79 Å². The molecule has 1 aliphatic heterocycles. The average Bonchev–Trinajstić information content (AvgIpc) is 3.21. The Balaban J connectivity index is 1.55. The highest BCUT2D eigenvalue weighted by Crippen LogP contribution is 2.13. The van der Waals surface area contributed by atoms with Crippen LogP contribution in [-0.4, -0.2) is 57.7 Å². The average molecular weight is 345 g/mol. The van der Waals surface area contributed by atoms with Crippen LogP contribution in [-0.2, 0) is 7.05 Å². The van der Waals surface area contributed by atoms with Crippen molar-refractivity contribution in [3.05, 3.63) is 42.1 Å². The van der Waals surface area contributed by atoms with Gasteiger partial charge in [-0.3, -0.25) is 9.48 Å². The Morgan fingerprint density at radius 1 is 1.24 bits per heavy atom. The quantitative estimate of drug-likeness (QED) is 0.916. The summed E-state index contributed by atoms with van der Waals surface area (Å²) in [5.74, 6) is 0.207. The van der Waals surface area contributed by atoms with E-state index in [2.05, 4.69) is 10.4 Å². The topological polar surface area (TPSA) is 83.6 Å². The minimum absolute atomic E-state index is 0.120. The minimum atomic E-state index is -0.129. The summed E-state index contributed by atoms with van der Waals surface area (Å²) in [5, 5.41) is 7.12. The van der Waals surface area contributed by atoms with Crippen LogP contribution in [0.15, 0.2) is 35.2 Å². The Morgan fingerprint density at radius 2 is 2.00 bits per heavy atom. The van der Waals surface area contributed by atoms with Crippen LogP contribution in [0.5, 0.6) is 0 Å². The molecular weight excluding hydrogens is 322 g/mol. The molecule has 2 aromatic heterocycles. The highest BCUT2D eigenvalue weighted by Gasteiger charge is 2.24. The second-order valence-corrected chi connectivity index (χ2v) is 6.23. The number of nitrogens with one attached hydrogen (secondary N) is 1. The number of rotatable bonds is 3. The third-order valence-corrected chi connectivity index (χ3v) is 4.37. The molecule has 3 heterocycles. The number of carbonyl (C=O) groups excluding carboxylic acids is 2. The van der Waals surface area contributed by atoms with Crippen molar-refractivity contribution in [3.8, 4) is 0 Å². The summed E-state index contributed by atoms with van der Waals surface area (Å²) < 4.78 is 6.89. The van der Waals surface area contributed by atoms with Gasteiger partial charge in [0.05, 0.1) is 18.5 Å². The molecule has 0 radical (unpaired) electrons. The molecule has 2 aromatic rings. The molecule has 0 aliphatic carbocycles. The highest BCUT2D eigenvalue weighted by atomic mass is 16.3. The van der Waals surface area contributed by atoms with Gasteiger partial charge in [0.2, 0.25) is 0 Å². The monoisotopic (exact) mass is 345 g/mol. The molecule has 1 unspecified atom stereocenters. The maximum atomic E-state index is 12.5. The summed E-state index contributed by atoms with van der Waals surface area (Å²) >= 11 is 0. The van der Waals surface area contributed by atoms with Crippen molar-refractivity contribution in [1.29, 1.82) is 0 Å². The predicted molar refractivity (Wildman–Crippen MR) is 91.0 cm³/mol. The Hall–Kier alpha value is -2.77. The molecule has 1 aliphatic rings. The maximum Gasteiger partial charge on any atom is 0.317 e.